The van der Waals surface area contributed by atoms with Gasteiger partial charge >= 0.3 is 6.18 Å². The summed E-state index contributed by atoms with van der Waals surface area (Å²) < 4.78 is 44.6. The number of benzene rings is 3. The fourth-order valence-electron chi connectivity index (χ4n) is 2.80. The summed E-state index contributed by atoms with van der Waals surface area (Å²) in [7, 11) is 1.41. The molecule has 0 unspecified atom stereocenters. The van der Waals surface area contributed by atoms with Crippen LogP contribution in [0.4, 0.5) is 18.9 Å². The standard InChI is InChI=1S/C20H13F3N2O2/c1-27-17-9-7-12-4-2-3-5-15(12)18(17)19(26)25-14-8-6-13(11-24)16(10-14)20(21,22)23/h2-10H,1H3,(H,25,26). The van der Waals surface area contributed by atoms with Crippen molar-refractivity contribution in [3.8, 4) is 11.8 Å². The molecule has 3 rings (SSSR count). The molecule has 27 heavy (non-hydrogen) atoms. The minimum Gasteiger partial charge on any atom is -0.496 e. The first kappa shape index (κ1) is 18.3. The number of amides is 1. The molecule has 4 nitrogen and oxygen atoms in total. The number of hydrogen-bond donors (Lipinski definition) is 1. The van der Waals surface area contributed by atoms with Crippen molar-refractivity contribution in [2.75, 3.05) is 12.4 Å². The van der Waals surface area contributed by atoms with Crippen molar-refractivity contribution in [1.29, 1.82) is 5.26 Å². The van der Waals surface area contributed by atoms with E-state index < -0.39 is 23.2 Å². The Kier molecular flexibility index (Phi) is 4.74. The number of alkyl halides is 3. The van der Waals surface area contributed by atoms with E-state index in [0.29, 0.717) is 11.1 Å². The zero-order chi connectivity index (χ0) is 19.6. The van der Waals surface area contributed by atoms with Crippen molar-refractivity contribution in [3.05, 3.63) is 71.3 Å². The Morgan fingerprint density at radius 3 is 2.52 bits per heavy atom. The van der Waals surface area contributed by atoms with E-state index >= 15 is 0 Å². The molecule has 0 radical (unpaired) electrons. The second-order valence-electron chi connectivity index (χ2n) is 5.69. The third-order valence-electron chi connectivity index (χ3n) is 4.04. The summed E-state index contributed by atoms with van der Waals surface area (Å²) in [4.78, 5) is 12.8. The lowest BCUT2D eigenvalue weighted by molar-refractivity contribution is -0.137. The molecule has 136 valence electrons. The Bertz CT molecular complexity index is 1070. The largest absolute Gasteiger partial charge is 0.496 e. The minimum absolute atomic E-state index is 0.0682. The maximum absolute atomic E-state index is 13.1. The highest BCUT2D eigenvalue weighted by atomic mass is 19.4. The van der Waals surface area contributed by atoms with E-state index in [-0.39, 0.29) is 11.3 Å². The van der Waals surface area contributed by atoms with E-state index in [2.05, 4.69) is 5.32 Å². The molecule has 7 heteroatoms. The van der Waals surface area contributed by atoms with Crippen molar-refractivity contribution in [1.82, 2.24) is 0 Å². The predicted octanol–water partition coefficient (Wildman–Crippen LogP) is 4.99. The molecule has 3 aromatic carbocycles. The third-order valence-corrected chi connectivity index (χ3v) is 4.04. The molecule has 0 atom stereocenters. The van der Waals surface area contributed by atoms with Crippen LogP contribution in [0.2, 0.25) is 0 Å². The van der Waals surface area contributed by atoms with Crippen molar-refractivity contribution >= 4 is 22.4 Å². The number of anilines is 1. The van der Waals surface area contributed by atoms with Crippen molar-refractivity contribution in [3.63, 3.8) is 0 Å². The Labute approximate surface area is 152 Å². The fourth-order valence-corrected chi connectivity index (χ4v) is 2.80. The minimum atomic E-state index is -4.71. The molecule has 1 amide bonds. The molecule has 0 heterocycles. The van der Waals surface area contributed by atoms with Gasteiger partial charge < -0.3 is 10.1 Å². The number of carbonyl (C=O) groups excluding carboxylic acids is 1. The van der Waals surface area contributed by atoms with Gasteiger partial charge in [-0.05, 0) is 35.0 Å². The molecular formula is C20H13F3N2O2. The van der Waals surface area contributed by atoms with E-state index in [1.807, 2.05) is 12.1 Å². The molecule has 0 saturated heterocycles. The highest BCUT2D eigenvalue weighted by Gasteiger charge is 2.34. The molecule has 0 fully saturated rings. The third kappa shape index (κ3) is 3.55. The lowest BCUT2D eigenvalue weighted by atomic mass is 10.0. The average Bonchev–Trinajstić information content (AvgIpc) is 2.66. The average molecular weight is 370 g/mol. The van der Waals surface area contributed by atoms with Crippen molar-refractivity contribution < 1.29 is 22.7 Å². The van der Waals surface area contributed by atoms with Gasteiger partial charge in [0.15, 0.2) is 0 Å². The Hall–Kier alpha value is -3.53. The van der Waals surface area contributed by atoms with Gasteiger partial charge in [0.1, 0.15) is 5.75 Å². The van der Waals surface area contributed by atoms with Gasteiger partial charge in [-0.1, -0.05) is 30.3 Å². The van der Waals surface area contributed by atoms with Crippen molar-refractivity contribution in [2.24, 2.45) is 0 Å². The number of nitrogens with zero attached hydrogens (tertiary/aromatic N) is 1. The number of fused-ring (bicyclic) bond motifs is 1. The zero-order valence-corrected chi connectivity index (χ0v) is 14.1. The number of ether oxygens (including phenoxy) is 1. The maximum atomic E-state index is 13.1. The fraction of sp³-hybridized carbons (Fsp3) is 0.100. The lowest BCUT2D eigenvalue weighted by Gasteiger charge is -2.14. The number of nitriles is 1. The normalized spacial score (nSPS) is 11.1. The van der Waals surface area contributed by atoms with Gasteiger partial charge in [-0.25, -0.2) is 0 Å². The Morgan fingerprint density at radius 1 is 1.11 bits per heavy atom. The Balaban J connectivity index is 2.04. The molecule has 0 bridgehead atoms. The molecule has 1 N–H and O–H groups in total. The van der Waals surface area contributed by atoms with Crippen LogP contribution in [-0.2, 0) is 6.18 Å². The molecule has 0 aliphatic carbocycles. The van der Waals surface area contributed by atoms with Crippen LogP contribution in [0, 0.1) is 11.3 Å². The van der Waals surface area contributed by atoms with Gasteiger partial charge in [0.05, 0.1) is 29.9 Å². The topological polar surface area (TPSA) is 62.1 Å². The first-order chi connectivity index (χ1) is 12.8. The maximum Gasteiger partial charge on any atom is 0.417 e. The van der Waals surface area contributed by atoms with Crippen LogP contribution in [0.15, 0.2) is 54.6 Å². The van der Waals surface area contributed by atoms with Crippen LogP contribution in [0.25, 0.3) is 10.8 Å². The van der Waals surface area contributed by atoms with Crippen molar-refractivity contribution in [2.45, 2.75) is 6.18 Å². The summed E-state index contributed by atoms with van der Waals surface area (Å²) in [5.74, 6) is -0.308. The molecule has 0 spiro atoms. The van der Waals surface area contributed by atoms with E-state index in [4.69, 9.17) is 10.00 Å². The summed E-state index contributed by atoms with van der Waals surface area (Å²) in [6, 6.07) is 15.0. The van der Waals surface area contributed by atoms with Gasteiger partial charge in [-0.2, -0.15) is 18.4 Å². The van der Waals surface area contributed by atoms with Crippen LogP contribution >= 0.6 is 0 Å². The van der Waals surface area contributed by atoms with Crippen LogP contribution in [-0.4, -0.2) is 13.0 Å². The highest BCUT2D eigenvalue weighted by Crippen LogP contribution is 2.34. The van der Waals surface area contributed by atoms with E-state index in [9.17, 15) is 18.0 Å². The van der Waals surface area contributed by atoms with Gasteiger partial charge in [-0.15, -0.1) is 0 Å². The molecule has 0 aliphatic rings. The number of hydrogen-bond acceptors (Lipinski definition) is 3. The number of methoxy groups -OCH3 is 1. The molecule has 0 aliphatic heterocycles. The Morgan fingerprint density at radius 2 is 1.85 bits per heavy atom. The van der Waals surface area contributed by atoms with Crippen LogP contribution in [0.1, 0.15) is 21.5 Å². The molecule has 0 aromatic heterocycles. The summed E-state index contributed by atoms with van der Waals surface area (Å²) in [5.41, 5.74) is -1.47. The first-order valence-electron chi connectivity index (χ1n) is 7.83. The number of halogens is 3. The summed E-state index contributed by atoms with van der Waals surface area (Å²) in [5, 5.41) is 12.7. The lowest BCUT2D eigenvalue weighted by Crippen LogP contribution is -2.15. The van der Waals surface area contributed by atoms with E-state index in [1.54, 1.807) is 24.3 Å². The van der Waals surface area contributed by atoms with Crippen LogP contribution in [0.5, 0.6) is 5.75 Å². The number of carbonyl (C=O) groups is 1. The SMILES string of the molecule is COc1ccc2ccccc2c1C(=O)Nc1ccc(C#N)c(C(F)(F)F)c1. The van der Waals surface area contributed by atoms with E-state index in [1.165, 1.54) is 19.2 Å². The molecular weight excluding hydrogens is 357 g/mol. The first-order valence-corrected chi connectivity index (χ1v) is 7.83. The second kappa shape index (κ2) is 7.00. The zero-order valence-electron chi connectivity index (χ0n) is 14.1. The predicted molar refractivity (Wildman–Crippen MR) is 94.6 cm³/mol. The number of nitrogens with one attached hydrogen (secondary N) is 1. The summed E-state index contributed by atoms with van der Waals surface area (Å²) >= 11 is 0. The van der Waals surface area contributed by atoms with Crippen LogP contribution < -0.4 is 10.1 Å². The van der Waals surface area contributed by atoms with E-state index in [0.717, 1.165) is 17.5 Å². The summed E-state index contributed by atoms with van der Waals surface area (Å²) in [6.45, 7) is 0. The number of rotatable bonds is 3. The van der Waals surface area contributed by atoms with Gasteiger partial charge in [0, 0.05) is 5.69 Å². The van der Waals surface area contributed by atoms with Gasteiger partial charge in [0.2, 0.25) is 0 Å². The smallest absolute Gasteiger partial charge is 0.417 e. The molecule has 0 saturated carbocycles. The quantitative estimate of drug-likeness (QED) is 0.706. The summed E-state index contributed by atoms with van der Waals surface area (Å²) in [6.07, 6.45) is -4.71. The highest BCUT2D eigenvalue weighted by molar-refractivity contribution is 6.15. The van der Waals surface area contributed by atoms with Gasteiger partial charge in [-0.3, -0.25) is 4.79 Å². The molecule has 3 aromatic rings. The van der Waals surface area contributed by atoms with Crippen LogP contribution in [0.3, 0.4) is 0 Å². The monoisotopic (exact) mass is 370 g/mol. The second-order valence-corrected chi connectivity index (χ2v) is 5.69. The van der Waals surface area contributed by atoms with Gasteiger partial charge in [0.25, 0.3) is 5.91 Å².